The molecule has 0 radical (unpaired) electrons. The van der Waals surface area contributed by atoms with Crippen LogP contribution in [0, 0.1) is 11.3 Å². The van der Waals surface area contributed by atoms with Gasteiger partial charge in [-0.25, -0.2) is 0 Å². The maximum atomic E-state index is 9.15. The van der Waals surface area contributed by atoms with Gasteiger partial charge in [0.1, 0.15) is 5.92 Å². The Morgan fingerprint density at radius 2 is 1.72 bits per heavy atom. The molecule has 0 heterocycles. The summed E-state index contributed by atoms with van der Waals surface area (Å²) in [6, 6.07) is 19.0. The van der Waals surface area contributed by atoms with E-state index in [1.807, 2.05) is 42.5 Å². The molecule has 0 saturated heterocycles. The zero-order chi connectivity index (χ0) is 12.8. The van der Waals surface area contributed by atoms with Gasteiger partial charge in [-0.3, -0.25) is 4.99 Å². The van der Waals surface area contributed by atoms with Crippen LogP contribution in [0.2, 0.25) is 5.02 Å². The molecule has 0 spiro atoms. The molecule has 88 valence electrons. The van der Waals surface area contributed by atoms with Crippen molar-refractivity contribution in [3.05, 3.63) is 65.2 Å². The molecule has 3 heteroatoms. The Hall–Kier alpha value is -2.11. The minimum atomic E-state index is -0.359. The average molecular weight is 255 g/mol. The Morgan fingerprint density at radius 1 is 1.06 bits per heavy atom. The third-order valence-corrected chi connectivity index (χ3v) is 2.75. The third-order valence-electron chi connectivity index (χ3n) is 2.50. The molecule has 0 saturated carbocycles. The van der Waals surface area contributed by atoms with E-state index in [-0.39, 0.29) is 5.92 Å². The Labute approximate surface area is 111 Å². The Balaban J connectivity index is 2.18. The second-order valence-electron chi connectivity index (χ2n) is 3.77. The van der Waals surface area contributed by atoms with Gasteiger partial charge < -0.3 is 0 Å². The predicted octanol–water partition coefficient (Wildman–Crippen LogP) is 4.35. The molecular formula is C15H11ClN2. The van der Waals surface area contributed by atoms with Crippen molar-refractivity contribution in [2.75, 3.05) is 0 Å². The summed E-state index contributed by atoms with van der Waals surface area (Å²) in [5, 5.41) is 9.81. The number of benzene rings is 2. The molecule has 0 aliphatic rings. The Kier molecular flexibility index (Phi) is 4.11. The molecule has 0 aliphatic carbocycles. The molecule has 2 rings (SSSR count). The average Bonchev–Trinajstić information content (AvgIpc) is 2.42. The van der Waals surface area contributed by atoms with Crippen molar-refractivity contribution in [2.45, 2.75) is 5.92 Å². The van der Waals surface area contributed by atoms with Gasteiger partial charge in [0.05, 0.1) is 11.8 Å². The molecule has 0 aliphatic heterocycles. The fourth-order valence-corrected chi connectivity index (χ4v) is 1.66. The fraction of sp³-hybridized carbons (Fsp3) is 0.0667. The highest BCUT2D eigenvalue weighted by molar-refractivity contribution is 6.30. The molecular weight excluding hydrogens is 244 g/mol. The zero-order valence-electron chi connectivity index (χ0n) is 9.62. The number of nitriles is 1. The van der Waals surface area contributed by atoms with Gasteiger partial charge in [0.2, 0.25) is 0 Å². The highest BCUT2D eigenvalue weighted by Crippen LogP contribution is 2.18. The lowest BCUT2D eigenvalue weighted by Crippen LogP contribution is -1.96. The zero-order valence-corrected chi connectivity index (χ0v) is 10.4. The van der Waals surface area contributed by atoms with E-state index in [0.29, 0.717) is 5.02 Å². The lowest BCUT2D eigenvalue weighted by molar-refractivity contribution is 1.17. The first kappa shape index (κ1) is 12.3. The SMILES string of the molecule is N#CC(C=Nc1ccccc1)c1ccc(Cl)cc1. The van der Waals surface area contributed by atoms with Crippen molar-refractivity contribution >= 4 is 23.5 Å². The molecule has 0 N–H and O–H groups in total. The van der Waals surface area contributed by atoms with Crippen molar-refractivity contribution in [3.63, 3.8) is 0 Å². The quantitative estimate of drug-likeness (QED) is 0.750. The Bertz CT molecular complexity index is 568. The van der Waals surface area contributed by atoms with Crippen LogP contribution in [0.25, 0.3) is 0 Å². The summed E-state index contributed by atoms with van der Waals surface area (Å²) in [7, 11) is 0. The maximum absolute atomic E-state index is 9.15. The lowest BCUT2D eigenvalue weighted by Gasteiger charge is -2.03. The van der Waals surface area contributed by atoms with Gasteiger partial charge in [0.25, 0.3) is 0 Å². The summed E-state index contributed by atoms with van der Waals surface area (Å²) in [4.78, 5) is 4.30. The number of aliphatic imine (C=N–C) groups is 1. The summed E-state index contributed by atoms with van der Waals surface area (Å²) >= 11 is 5.82. The minimum Gasteiger partial charge on any atom is -0.260 e. The number of hydrogen-bond acceptors (Lipinski definition) is 2. The number of hydrogen-bond donors (Lipinski definition) is 0. The van der Waals surface area contributed by atoms with Gasteiger partial charge in [-0.15, -0.1) is 0 Å². The summed E-state index contributed by atoms with van der Waals surface area (Å²) in [5.41, 5.74) is 1.73. The normalized spacial score (nSPS) is 12.2. The molecule has 1 unspecified atom stereocenters. The van der Waals surface area contributed by atoms with Crippen molar-refractivity contribution in [1.82, 2.24) is 0 Å². The summed E-state index contributed by atoms with van der Waals surface area (Å²) < 4.78 is 0. The number of rotatable bonds is 3. The number of para-hydroxylation sites is 1. The molecule has 2 aromatic rings. The van der Waals surface area contributed by atoms with Gasteiger partial charge in [-0.1, -0.05) is 41.9 Å². The second kappa shape index (κ2) is 6.00. The van der Waals surface area contributed by atoms with Crippen LogP contribution < -0.4 is 0 Å². The number of nitrogens with zero attached hydrogens (tertiary/aromatic N) is 2. The van der Waals surface area contributed by atoms with Gasteiger partial charge >= 0.3 is 0 Å². The van der Waals surface area contributed by atoms with Crippen LogP contribution in [0.4, 0.5) is 5.69 Å². The van der Waals surface area contributed by atoms with E-state index in [2.05, 4.69) is 11.1 Å². The highest BCUT2D eigenvalue weighted by Gasteiger charge is 2.06. The van der Waals surface area contributed by atoms with Crippen LogP contribution in [-0.4, -0.2) is 6.21 Å². The van der Waals surface area contributed by atoms with E-state index < -0.39 is 0 Å². The lowest BCUT2D eigenvalue weighted by atomic mass is 10.0. The first-order valence-corrected chi connectivity index (χ1v) is 5.92. The van der Waals surface area contributed by atoms with E-state index >= 15 is 0 Å². The van der Waals surface area contributed by atoms with E-state index in [9.17, 15) is 0 Å². The van der Waals surface area contributed by atoms with E-state index in [1.165, 1.54) is 0 Å². The van der Waals surface area contributed by atoms with Crippen LogP contribution in [0.1, 0.15) is 11.5 Å². The summed E-state index contributed by atoms with van der Waals surface area (Å²) in [5.74, 6) is -0.359. The van der Waals surface area contributed by atoms with Crippen molar-refractivity contribution < 1.29 is 0 Å². The van der Waals surface area contributed by atoms with Gasteiger partial charge in [0, 0.05) is 11.2 Å². The van der Waals surface area contributed by atoms with Crippen LogP contribution in [-0.2, 0) is 0 Å². The predicted molar refractivity (Wildman–Crippen MR) is 74.4 cm³/mol. The second-order valence-corrected chi connectivity index (χ2v) is 4.21. The van der Waals surface area contributed by atoms with Crippen LogP contribution in [0.15, 0.2) is 59.6 Å². The van der Waals surface area contributed by atoms with Crippen molar-refractivity contribution in [3.8, 4) is 6.07 Å². The molecule has 0 aromatic heterocycles. The molecule has 0 amide bonds. The molecule has 18 heavy (non-hydrogen) atoms. The molecule has 0 bridgehead atoms. The molecule has 2 aromatic carbocycles. The Morgan fingerprint density at radius 3 is 2.33 bits per heavy atom. The van der Waals surface area contributed by atoms with E-state index in [4.69, 9.17) is 16.9 Å². The molecule has 2 nitrogen and oxygen atoms in total. The smallest absolute Gasteiger partial charge is 0.106 e. The fourth-order valence-electron chi connectivity index (χ4n) is 1.54. The van der Waals surface area contributed by atoms with Crippen molar-refractivity contribution in [1.29, 1.82) is 5.26 Å². The van der Waals surface area contributed by atoms with Crippen LogP contribution in [0.3, 0.4) is 0 Å². The summed E-state index contributed by atoms with van der Waals surface area (Å²) in [6.07, 6.45) is 1.65. The van der Waals surface area contributed by atoms with E-state index in [0.717, 1.165) is 11.3 Å². The molecule has 1 atom stereocenters. The summed E-state index contributed by atoms with van der Waals surface area (Å²) in [6.45, 7) is 0. The van der Waals surface area contributed by atoms with Crippen LogP contribution >= 0.6 is 11.6 Å². The standard InChI is InChI=1S/C15H11ClN2/c16-14-8-6-12(7-9-14)13(10-17)11-18-15-4-2-1-3-5-15/h1-9,11,13H. The first-order valence-electron chi connectivity index (χ1n) is 5.54. The molecule has 0 fully saturated rings. The van der Waals surface area contributed by atoms with Gasteiger partial charge in [0.15, 0.2) is 0 Å². The first-order chi connectivity index (χ1) is 8.79. The van der Waals surface area contributed by atoms with Crippen LogP contribution in [0.5, 0.6) is 0 Å². The van der Waals surface area contributed by atoms with E-state index in [1.54, 1.807) is 18.3 Å². The van der Waals surface area contributed by atoms with Gasteiger partial charge in [-0.05, 0) is 29.8 Å². The highest BCUT2D eigenvalue weighted by atomic mass is 35.5. The maximum Gasteiger partial charge on any atom is 0.106 e. The third kappa shape index (κ3) is 3.19. The topological polar surface area (TPSA) is 36.1 Å². The van der Waals surface area contributed by atoms with Gasteiger partial charge in [-0.2, -0.15) is 5.26 Å². The largest absolute Gasteiger partial charge is 0.260 e. The minimum absolute atomic E-state index is 0.359. The van der Waals surface area contributed by atoms with Crippen molar-refractivity contribution in [2.24, 2.45) is 4.99 Å². The number of halogens is 1. The monoisotopic (exact) mass is 254 g/mol.